The van der Waals surface area contributed by atoms with Crippen LogP contribution in [0.25, 0.3) is 5.65 Å². The lowest BCUT2D eigenvalue weighted by Crippen LogP contribution is -2.32. The SMILES string of the molecule is Cc1cc(C2OC(C)O2)c2nnc(C3(c4ccc(Cl)cc4)CC3)n2n1. The Hall–Kier alpha value is -2.02. The Morgan fingerprint density at radius 1 is 1.16 bits per heavy atom. The molecule has 0 spiro atoms. The van der Waals surface area contributed by atoms with Crippen molar-refractivity contribution in [2.45, 2.75) is 44.7 Å². The van der Waals surface area contributed by atoms with E-state index in [2.05, 4.69) is 27.4 Å². The Labute approximate surface area is 149 Å². The first kappa shape index (κ1) is 15.3. The molecule has 0 amide bonds. The molecule has 6 nitrogen and oxygen atoms in total. The quantitative estimate of drug-likeness (QED) is 0.718. The Kier molecular flexibility index (Phi) is 3.20. The van der Waals surface area contributed by atoms with Crippen molar-refractivity contribution in [1.29, 1.82) is 0 Å². The molecule has 0 radical (unpaired) electrons. The van der Waals surface area contributed by atoms with E-state index in [9.17, 15) is 0 Å². The summed E-state index contributed by atoms with van der Waals surface area (Å²) < 4.78 is 13.2. The van der Waals surface area contributed by atoms with Gasteiger partial charge in [-0.1, -0.05) is 23.7 Å². The third-order valence-electron chi connectivity index (χ3n) is 4.98. The van der Waals surface area contributed by atoms with E-state index in [4.69, 9.17) is 21.1 Å². The number of aryl methyl sites for hydroxylation is 1. The normalized spacial score (nSPS) is 24.3. The van der Waals surface area contributed by atoms with Crippen molar-refractivity contribution >= 4 is 17.2 Å². The molecule has 1 saturated heterocycles. The minimum atomic E-state index is -0.401. The number of nitrogens with zero attached hydrogens (tertiary/aromatic N) is 4. The van der Waals surface area contributed by atoms with Crippen molar-refractivity contribution in [3.05, 3.63) is 58.0 Å². The Bertz CT molecular complexity index is 959. The zero-order chi connectivity index (χ0) is 17.2. The van der Waals surface area contributed by atoms with Gasteiger partial charge >= 0.3 is 0 Å². The highest BCUT2D eigenvalue weighted by Gasteiger charge is 2.50. The number of benzene rings is 1. The molecule has 1 aliphatic heterocycles. The highest BCUT2D eigenvalue weighted by atomic mass is 35.5. The highest BCUT2D eigenvalue weighted by molar-refractivity contribution is 6.30. The molecule has 2 fully saturated rings. The van der Waals surface area contributed by atoms with Gasteiger partial charge in [-0.3, -0.25) is 0 Å². The number of hydrogen-bond acceptors (Lipinski definition) is 5. The number of hydrogen-bond donors (Lipinski definition) is 0. The van der Waals surface area contributed by atoms with Gasteiger partial charge in [-0.25, -0.2) is 0 Å². The third-order valence-corrected chi connectivity index (χ3v) is 5.23. The van der Waals surface area contributed by atoms with Crippen molar-refractivity contribution in [2.75, 3.05) is 0 Å². The maximum atomic E-state index is 6.04. The number of halogens is 1. The fourth-order valence-electron chi connectivity index (χ4n) is 3.54. The summed E-state index contributed by atoms with van der Waals surface area (Å²) >= 11 is 6.04. The molecule has 1 aliphatic carbocycles. The number of rotatable bonds is 3. The predicted octanol–water partition coefficient (Wildman–Crippen LogP) is 3.56. The molecule has 1 aromatic carbocycles. The first-order valence-corrected chi connectivity index (χ1v) is 8.75. The van der Waals surface area contributed by atoms with Gasteiger partial charge in [-0.15, -0.1) is 10.2 Å². The lowest BCUT2D eigenvalue weighted by molar-refractivity contribution is -0.382. The molecule has 5 rings (SSSR count). The predicted molar refractivity (Wildman–Crippen MR) is 91.4 cm³/mol. The van der Waals surface area contributed by atoms with Crippen molar-refractivity contribution in [1.82, 2.24) is 19.8 Å². The molecular formula is C18H17ClN4O2. The summed E-state index contributed by atoms with van der Waals surface area (Å²) in [5, 5.41) is 14.3. The molecule has 0 bridgehead atoms. The van der Waals surface area contributed by atoms with Crippen molar-refractivity contribution in [2.24, 2.45) is 0 Å². The summed E-state index contributed by atoms with van der Waals surface area (Å²) in [5.74, 6) is 0.863. The fourth-order valence-corrected chi connectivity index (χ4v) is 3.67. The summed E-state index contributed by atoms with van der Waals surface area (Å²) in [6.07, 6.45) is 1.45. The number of aromatic nitrogens is 4. The van der Waals surface area contributed by atoms with Crippen molar-refractivity contribution in [3.63, 3.8) is 0 Å². The second-order valence-corrected chi connectivity index (χ2v) is 7.20. The minimum absolute atomic E-state index is 0.142. The van der Waals surface area contributed by atoms with Gasteiger partial charge in [0.1, 0.15) is 0 Å². The average molecular weight is 357 g/mol. The third kappa shape index (κ3) is 2.28. The molecule has 2 aliphatic rings. The van der Waals surface area contributed by atoms with Crippen LogP contribution in [0.5, 0.6) is 0 Å². The van der Waals surface area contributed by atoms with Crippen LogP contribution in [0.4, 0.5) is 0 Å². The maximum Gasteiger partial charge on any atom is 0.193 e. The van der Waals surface area contributed by atoms with Crippen molar-refractivity contribution < 1.29 is 9.47 Å². The average Bonchev–Trinajstić information content (AvgIpc) is 3.25. The molecule has 25 heavy (non-hydrogen) atoms. The molecular weight excluding hydrogens is 340 g/mol. The van der Waals surface area contributed by atoms with Crippen LogP contribution in [0.15, 0.2) is 30.3 Å². The maximum absolute atomic E-state index is 6.04. The van der Waals surface area contributed by atoms with Gasteiger partial charge in [0.15, 0.2) is 24.1 Å². The van der Waals surface area contributed by atoms with Gasteiger partial charge in [-0.05, 0) is 50.5 Å². The molecule has 3 heterocycles. The van der Waals surface area contributed by atoms with E-state index >= 15 is 0 Å². The van der Waals surface area contributed by atoms with Crippen LogP contribution >= 0.6 is 11.6 Å². The number of fused-ring (bicyclic) bond motifs is 1. The van der Waals surface area contributed by atoms with Gasteiger partial charge in [-0.2, -0.15) is 9.61 Å². The molecule has 2 aromatic heterocycles. The second kappa shape index (κ2) is 5.24. The highest BCUT2D eigenvalue weighted by Crippen LogP contribution is 2.53. The van der Waals surface area contributed by atoms with E-state index in [1.807, 2.05) is 36.6 Å². The summed E-state index contributed by atoms with van der Waals surface area (Å²) in [6, 6.07) is 9.91. The fraction of sp³-hybridized carbons (Fsp3) is 0.389. The van der Waals surface area contributed by atoms with Gasteiger partial charge in [0.05, 0.1) is 16.7 Å². The first-order valence-electron chi connectivity index (χ1n) is 8.37. The Morgan fingerprint density at radius 2 is 1.88 bits per heavy atom. The van der Waals surface area contributed by atoms with E-state index in [1.165, 1.54) is 5.56 Å². The standard InChI is InChI=1S/C18H17ClN4O2/c1-10-9-14(16-24-11(2)25-16)15-20-21-17(23(15)22-10)18(7-8-18)12-3-5-13(19)6-4-12/h3-6,9,11,16H,7-8H2,1-2H3. The van der Waals surface area contributed by atoms with Crippen LogP contribution in [0.3, 0.4) is 0 Å². The lowest BCUT2D eigenvalue weighted by atomic mass is 9.95. The van der Waals surface area contributed by atoms with Gasteiger partial charge in [0.25, 0.3) is 0 Å². The zero-order valence-corrected chi connectivity index (χ0v) is 14.7. The summed E-state index contributed by atoms with van der Waals surface area (Å²) in [6.45, 7) is 3.83. The molecule has 1 saturated carbocycles. The molecule has 0 atom stereocenters. The van der Waals surface area contributed by atoms with Crippen LogP contribution in [0.1, 0.15) is 48.7 Å². The smallest absolute Gasteiger partial charge is 0.193 e. The Morgan fingerprint density at radius 3 is 2.52 bits per heavy atom. The molecule has 0 unspecified atom stereocenters. The summed E-state index contributed by atoms with van der Waals surface area (Å²) in [4.78, 5) is 0. The summed E-state index contributed by atoms with van der Waals surface area (Å²) in [5.41, 5.74) is 3.49. The van der Waals surface area contributed by atoms with Crippen molar-refractivity contribution in [3.8, 4) is 0 Å². The largest absolute Gasteiger partial charge is 0.319 e. The molecule has 128 valence electrons. The van der Waals surface area contributed by atoms with Crippen LogP contribution in [-0.2, 0) is 14.9 Å². The van der Waals surface area contributed by atoms with E-state index in [1.54, 1.807) is 0 Å². The van der Waals surface area contributed by atoms with Gasteiger partial charge in [0.2, 0.25) is 0 Å². The lowest BCUT2D eigenvalue weighted by Gasteiger charge is -2.33. The first-order chi connectivity index (χ1) is 12.1. The van der Waals surface area contributed by atoms with E-state index in [0.29, 0.717) is 5.65 Å². The molecule has 3 aromatic rings. The Balaban J connectivity index is 1.64. The van der Waals surface area contributed by atoms with E-state index < -0.39 is 6.29 Å². The van der Waals surface area contributed by atoms with Gasteiger partial charge < -0.3 is 9.47 Å². The second-order valence-electron chi connectivity index (χ2n) is 6.76. The van der Waals surface area contributed by atoms with Crippen LogP contribution < -0.4 is 0 Å². The van der Waals surface area contributed by atoms with E-state index in [-0.39, 0.29) is 11.7 Å². The van der Waals surface area contributed by atoms with E-state index in [0.717, 1.165) is 34.9 Å². The zero-order valence-electron chi connectivity index (χ0n) is 13.9. The minimum Gasteiger partial charge on any atom is -0.319 e. The summed E-state index contributed by atoms with van der Waals surface area (Å²) in [7, 11) is 0. The monoisotopic (exact) mass is 356 g/mol. The topological polar surface area (TPSA) is 61.5 Å². The van der Waals surface area contributed by atoms with Crippen LogP contribution in [-0.4, -0.2) is 26.1 Å². The van der Waals surface area contributed by atoms with Crippen LogP contribution in [0.2, 0.25) is 5.02 Å². The van der Waals surface area contributed by atoms with Gasteiger partial charge in [0, 0.05) is 5.02 Å². The number of ether oxygens (including phenoxy) is 2. The molecule has 7 heteroatoms. The van der Waals surface area contributed by atoms with Crippen LogP contribution in [0, 0.1) is 6.92 Å². The molecule has 0 N–H and O–H groups in total.